The molecule has 1 fully saturated rings. The molecule has 1 aliphatic rings. The van der Waals surface area contributed by atoms with Gasteiger partial charge in [0.05, 0.1) is 19.2 Å². The second kappa shape index (κ2) is 6.69. The van der Waals surface area contributed by atoms with Crippen LogP contribution in [0.4, 0.5) is 14.9 Å². The number of hydrogen-bond acceptors (Lipinski definition) is 6. The van der Waals surface area contributed by atoms with Gasteiger partial charge in [-0.15, -0.1) is 0 Å². The number of nitrogens with zero attached hydrogens (tertiary/aromatic N) is 1. The highest BCUT2D eigenvalue weighted by Crippen LogP contribution is 2.17. The summed E-state index contributed by atoms with van der Waals surface area (Å²) in [5.41, 5.74) is -0.175. The minimum Gasteiger partial charge on any atom is -0.465 e. The molecule has 1 aliphatic heterocycles. The van der Waals surface area contributed by atoms with E-state index in [0.717, 1.165) is 24.3 Å². The molecule has 0 saturated carbocycles. The van der Waals surface area contributed by atoms with Gasteiger partial charge in [0.1, 0.15) is 24.6 Å². The average Bonchev–Trinajstić information content (AvgIpc) is 2.51. The first kappa shape index (κ1) is 16.1. The van der Waals surface area contributed by atoms with Gasteiger partial charge in [0, 0.05) is 5.69 Å². The molecule has 1 heterocycles. The molecule has 1 aromatic rings. The summed E-state index contributed by atoms with van der Waals surface area (Å²) in [5, 5.41) is 22.0. The number of amides is 2. The summed E-state index contributed by atoms with van der Waals surface area (Å²) in [7, 11) is 1.11. The number of anilines is 1. The van der Waals surface area contributed by atoms with Crippen LogP contribution in [0, 0.1) is 5.82 Å². The summed E-state index contributed by atoms with van der Waals surface area (Å²) in [5.74, 6) is -1.65. The molecule has 0 spiro atoms. The predicted octanol–water partition coefficient (Wildman–Crippen LogP) is 0.113. The smallest absolute Gasteiger partial charge is 0.345 e. The lowest BCUT2D eigenvalue weighted by Gasteiger charge is -2.32. The fraction of sp³-hybridized carbons (Fsp3) is 0.385. The van der Waals surface area contributed by atoms with Crippen LogP contribution in [0.5, 0.6) is 0 Å². The molecule has 22 heavy (non-hydrogen) atoms. The highest BCUT2D eigenvalue weighted by atomic mass is 19.1. The van der Waals surface area contributed by atoms with Crippen LogP contribution in [-0.4, -0.2) is 59.7 Å². The molecule has 0 aromatic heterocycles. The first-order valence-corrected chi connectivity index (χ1v) is 6.37. The van der Waals surface area contributed by atoms with Gasteiger partial charge < -0.3 is 20.3 Å². The molecule has 0 radical (unpaired) electrons. The van der Waals surface area contributed by atoms with E-state index in [9.17, 15) is 24.2 Å². The molecule has 8 nitrogen and oxygen atoms in total. The molecule has 2 atom stereocenters. The van der Waals surface area contributed by atoms with Crippen LogP contribution in [0.2, 0.25) is 0 Å². The molecule has 0 aliphatic carbocycles. The molecule has 0 bridgehead atoms. The lowest BCUT2D eigenvalue weighted by molar-refractivity contribution is -0.208. The first-order chi connectivity index (χ1) is 10.4. The Morgan fingerprint density at radius 3 is 2.77 bits per heavy atom. The zero-order valence-corrected chi connectivity index (χ0v) is 11.7. The Morgan fingerprint density at radius 1 is 1.41 bits per heavy atom. The SMILES string of the molecule is COC(=O)c1cc(NC(=O)N2C[C@@H](O)[C@@H](O)CO2)ccc1F. The number of carbonyl (C=O) groups excluding carboxylic acids is 2. The number of hydrogen-bond donors (Lipinski definition) is 3. The Kier molecular flexibility index (Phi) is 4.91. The maximum Gasteiger partial charge on any atom is 0.345 e. The number of urea groups is 1. The van der Waals surface area contributed by atoms with Crippen molar-refractivity contribution in [3.8, 4) is 0 Å². The summed E-state index contributed by atoms with van der Waals surface area (Å²) in [4.78, 5) is 28.3. The third-order valence-corrected chi connectivity index (χ3v) is 3.05. The van der Waals surface area contributed by atoms with Gasteiger partial charge >= 0.3 is 12.0 Å². The number of benzene rings is 1. The third-order valence-electron chi connectivity index (χ3n) is 3.05. The van der Waals surface area contributed by atoms with E-state index in [1.54, 1.807) is 0 Å². The highest BCUT2D eigenvalue weighted by molar-refractivity contribution is 5.93. The van der Waals surface area contributed by atoms with Gasteiger partial charge in [-0.3, -0.25) is 4.84 Å². The zero-order chi connectivity index (χ0) is 16.3. The molecule has 0 unspecified atom stereocenters. The largest absolute Gasteiger partial charge is 0.465 e. The fourth-order valence-electron chi connectivity index (χ4n) is 1.82. The maximum absolute atomic E-state index is 13.5. The Bertz CT molecular complexity index is 582. The van der Waals surface area contributed by atoms with Gasteiger partial charge in [0.15, 0.2) is 0 Å². The third kappa shape index (κ3) is 3.50. The summed E-state index contributed by atoms with van der Waals surface area (Å²) < 4.78 is 17.9. The van der Waals surface area contributed by atoms with E-state index in [-0.39, 0.29) is 24.4 Å². The number of rotatable bonds is 2. The Morgan fingerprint density at radius 2 is 2.14 bits per heavy atom. The molecule has 9 heteroatoms. The van der Waals surface area contributed by atoms with Gasteiger partial charge in [-0.2, -0.15) is 0 Å². The lowest BCUT2D eigenvalue weighted by atomic mass is 10.2. The van der Waals surface area contributed by atoms with Crippen molar-refractivity contribution in [2.75, 3.05) is 25.6 Å². The van der Waals surface area contributed by atoms with Crippen LogP contribution in [0.25, 0.3) is 0 Å². The van der Waals surface area contributed by atoms with Crippen LogP contribution in [0.15, 0.2) is 18.2 Å². The van der Waals surface area contributed by atoms with Gasteiger partial charge in [0.25, 0.3) is 0 Å². The topological polar surface area (TPSA) is 108 Å². The second-order valence-electron chi connectivity index (χ2n) is 4.61. The van der Waals surface area contributed by atoms with E-state index in [2.05, 4.69) is 10.1 Å². The number of aliphatic hydroxyl groups is 2. The van der Waals surface area contributed by atoms with Crippen LogP contribution in [0.3, 0.4) is 0 Å². The molecular formula is C13H15FN2O6. The monoisotopic (exact) mass is 314 g/mol. The quantitative estimate of drug-likeness (QED) is 0.669. The standard InChI is InChI=1S/C13H15FN2O6/c1-21-12(19)8-4-7(2-3-9(8)14)15-13(20)16-5-10(17)11(18)6-22-16/h2-4,10-11,17-18H,5-6H2,1H3,(H,15,20)/t10-,11+/m1/s1. The number of aliphatic hydroxyl groups excluding tert-OH is 2. The van der Waals surface area contributed by atoms with Gasteiger partial charge in [0.2, 0.25) is 0 Å². The number of carbonyl (C=O) groups is 2. The number of esters is 1. The van der Waals surface area contributed by atoms with Crippen molar-refractivity contribution in [2.24, 2.45) is 0 Å². The Balaban J connectivity index is 2.07. The Labute approximate surface area is 125 Å². The minimum atomic E-state index is -1.13. The summed E-state index contributed by atoms with van der Waals surface area (Å²) in [6.45, 7) is -0.455. The van der Waals surface area contributed by atoms with Gasteiger partial charge in [-0.25, -0.2) is 19.0 Å². The van der Waals surface area contributed by atoms with Crippen LogP contribution >= 0.6 is 0 Å². The predicted molar refractivity (Wildman–Crippen MR) is 71.4 cm³/mol. The van der Waals surface area contributed by atoms with E-state index in [4.69, 9.17) is 4.84 Å². The van der Waals surface area contributed by atoms with E-state index in [0.29, 0.717) is 0 Å². The molecule has 1 aromatic carbocycles. The van der Waals surface area contributed by atoms with Crippen molar-refractivity contribution >= 4 is 17.7 Å². The summed E-state index contributed by atoms with van der Waals surface area (Å²) in [6, 6.07) is 2.66. The summed E-state index contributed by atoms with van der Waals surface area (Å²) >= 11 is 0. The first-order valence-electron chi connectivity index (χ1n) is 6.37. The van der Waals surface area contributed by atoms with Crippen LogP contribution in [-0.2, 0) is 9.57 Å². The van der Waals surface area contributed by atoms with E-state index < -0.39 is 30.0 Å². The van der Waals surface area contributed by atoms with E-state index >= 15 is 0 Å². The maximum atomic E-state index is 13.5. The van der Waals surface area contributed by atoms with Crippen molar-refractivity contribution in [3.63, 3.8) is 0 Å². The zero-order valence-electron chi connectivity index (χ0n) is 11.7. The van der Waals surface area contributed by atoms with Crippen LogP contribution in [0.1, 0.15) is 10.4 Å². The Hall–Kier alpha value is -2.23. The molecule has 120 valence electrons. The molecule has 2 rings (SSSR count). The van der Waals surface area contributed by atoms with Gasteiger partial charge in [-0.05, 0) is 18.2 Å². The molecule has 1 saturated heterocycles. The lowest BCUT2D eigenvalue weighted by Crippen LogP contribution is -2.51. The second-order valence-corrected chi connectivity index (χ2v) is 4.61. The molecule has 3 N–H and O–H groups in total. The summed E-state index contributed by atoms with van der Waals surface area (Å²) in [6.07, 6.45) is -2.20. The average molecular weight is 314 g/mol. The van der Waals surface area contributed by atoms with Crippen molar-refractivity contribution in [1.82, 2.24) is 5.06 Å². The minimum absolute atomic E-state index is 0.149. The van der Waals surface area contributed by atoms with E-state index in [1.807, 2.05) is 0 Å². The molecule has 2 amide bonds. The number of nitrogens with one attached hydrogen (secondary N) is 1. The number of β-amino-alcohol motifs (C(OH)–C–C–N with tert-alkyl or cyclic N) is 1. The highest BCUT2D eigenvalue weighted by Gasteiger charge is 2.30. The number of halogens is 1. The normalized spacial score (nSPS) is 21.4. The van der Waals surface area contributed by atoms with Crippen molar-refractivity contribution in [2.45, 2.75) is 12.2 Å². The van der Waals surface area contributed by atoms with Crippen molar-refractivity contribution in [3.05, 3.63) is 29.6 Å². The van der Waals surface area contributed by atoms with Crippen molar-refractivity contribution in [1.29, 1.82) is 0 Å². The number of methoxy groups -OCH3 is 1. The van der Waals surface area contributed by atoms with Crippen molar-refractivity contribution < 1.29 is 33.8 Å². The number of hydroxylamine groups is 2. The number of ether oxygens (including phenoxy) is 1. The van der Waals surface area contributed by atoms with E-state index in [1.165, 1.54) is 6.07 Å². The molecular weight excluding hydrogens is 299 g/mol. The van der Waals surface area contributed by atoms with Gasteiger partial charge in [-0.1, -0.05) is 0 Å². The fourth-order valence-corrected chi connectivity index (χ4v) is 1.82. The van der Waals surface area contributed by atoms with Crippen LogP contribution < -0.4 is 5.32 Å².